The first-order valence-electron chi connectivity index (χ1n) is 6.99. The van der Waals surface area contributed by atoms with Gasteiger partial charge in [0.25, 0.3) is 0 Å². The Labute approximate surface area is 128 Å². The first-order chi connectivity index (χ1) is 10.6. The number of aromatic hydroxyl groups is 1. The highest BCUT2D eigenvalue weighted by atomic mass is 16.5. The van der Waals surface area contributed by atoms with Crippen molar-refractivity contribution < 1.29 is 14.6 Å². The van der Waals surface area contributed by atoms with E-state index in [1.165, 1.54) is 7.11 Å². The van der Waals surface area contributed by atoms with Crippen LogP contribution in [-0.2, 0) is 7.05 Å². The molecule has 0 unspecified atom stereocenters. The van der Waals surface area contributed by atoms with Crippen LogP contribution < -0.4 is 4.74 Å². The summed E-state index contributed by atoms with van der Waals surface area (Å²) in [6, 6.07) is 11.5. The summed E-state index contributed by atoms with van der Waals surface area (Å²) in [5, 5.41) is 11.1. The number of nitrogens with zero attached hydrogens (tertiary/aromatic N) is 1. The summed E-state index contributed by atoms with van der Waals surface area (Å²) >= 11 is 0. The van der Waals surface area contributed by atoms with E-state index in [2.05, 4.69) is 0 Å². The molecule has 0 aliphatic carbocycles. The van der Waals surface area contributed by atoms with E-state index >= 15 is 0 Å². The van der Waals surface area contributed by atoms with E-state index in [0.717, 1.165) is 23.1 Å². The van der Waals surface area contributed by atoms with Gasteiger partial charge in [-0.2, -0.15) is 0 Å². The number of phenols is 1. The summed E-state index contributed by atoms with van der Waals surface area (Å²) < 4.78 is 7.13. The summed E-state index contributed by atoms with van der Waals surface area (Å²) in [5.41, 5.74) is 4.14. The quantitative estimate of drug-likeness (QED) is 0.750. The second-order valence-corrected chi connectivity index (χ2v) is 5.26. The average molecular weight is 295 g/mol. The van der Waals surface area contributed by atoms with Crippen LogP contribution in [0.1, 0.15) is 15.9 Å². The lowest BCUT2D eigenvalue weighted by Gasteiger charge is -2.08. The van der Waals surface area contributed by atoms with Crippen LogP contribution in [0.2, 0.25) is 0 Å². The minimum atomic E-state index is 0.0679. The molecule has 0 aliphatic rings. The number of carbonyl (C=O) groups excluding carboxylic acids is 1. The summed E-state index contributed by atoms with van der Waals surface area (Å²) in [5.74, 6) is 0.376. The molecule has 0 saturated heterocycles. The molecule has 0 saturated carbocycles. The summed E-state index contributed by atoms with van der Waals surface area (Å²) in [4.78, 5) is 11.5. The number of fused-ring (bicyclic) bond motifs is 1. The SMILES string of the molecule is COc1cc(C=O)c2c(c(C)c(-c3ccccc3)n2C)c1O. The normalized spacial score (nSPS) is 10.9. The molecule has 0 spiro atoms. The Morgan fingerprint density at radius 1 is 1.23 bits per heavy atom. The third kappa shape index (κ3) is 1.88. The number of aldehydes is 1. The van der Waals surface area contributed by atoms with Gasteiger partial charge >= 0.3 is 0 Å². The number of benzene rings is 2. The predicted octanol–water partition coefficient (Wildman–Crippen LogP) is 3.68. The number of phenolic OH excluding ortho intramolecular Hbond substituents is 1. The van der Waals surface area contributed by atoms with Crippen molar-refractivity contribution >= 4 is 17.2 Å². The molecule has 1 heterocycles. The third-order valence-electron chi connectivity index (χ3n) is 4.06. The molecule has 1 N–H and O–H groups in total. The summed E-state index contributed by atoms with van der Waals surface area (Å²) in [6.07, 6.45) is 0.790. The summed E-state index contributed by atoms with van der Waals surface area (Å²) in [6.45, 7) is 1.94. The Morgan fingerprint density at radius 2 is 1.91 bits per heavy atom. The van der Waals surface area contributed by atoms with Gasteiger partial charge in [0.1, 0.15) is 0 Å². The van der Waals surface area contributed by atoms with Gasteiger partial charge < -0.3 is 14.4 Å². The Kier molecular flexibility index (Phi) is 3.37. The van der Waals surface area contributed by atoms with Crippen molar-refractivity contribution in [3.05, 3.63) is 47.5 Å². The highest BCUT2D eigenvalue weighted by Gasteiger charge is 2.21. The van der Waals surface area contributed by atoms with Gasteiger partial charge in [-0.15, -0.1) is 0 Å². The molecule has 0 aliphatic heterocycles. The number of ether oxygens (including phenoxy) is 1. The van der Waals surface area contributed by atoms with E-state index in [0.29, 0.717) is 22.2 Å². The van der Waals surface area contributed by atoms with E-state index in [1.807, 2.05) is 48.9 Å². The van der Waals surface area contributed by atoms with Gasteiger partial charge in [0.2, 0.25) is 0 Å². The molecule has 2 aromatic carbocycles. The van der Waals surface area contributed by atoms with Crippen molar-refractivity contribution in [2.24, 2.45) is 7.05 Å². The molecular formula is C18H17NO3. The van der Waals surface area contributed by atoms with Crippen LogP contribution in [0.25, 0.3) is 22.2 Å². The van der Waals surface area contributed by atoms with E-state index in [9.17, 15) is 9.90 Å². The van der Waals surface area contributed by atoms with Crippen LogP contribution in [0, 0.1) is 6.92 Å². The Morgan fingerprint density at radius 3 is 2.50 bits per heavy atom. The predicted molar refractivity (Wildman–Crippen MR) is 86.7 cm³/mol. The van der Waals surface area contributed by atoms with Crippen molar-refractivity contribution in [2.75, 3.05) is 7.11 Å². The molecule has 22 heavy (non-hydrogen) atoms. The largest absolute Gasteiger partial charge is 0.504 e. The first kappa shape index (κ1) is 14.2. The number of hydrogen-bond acceptors (Lipinski definition) is 3. The minimum Gasteiger partial charge on any atom is -0.504 e. The fourth-order valence-corrected chi connectivity index (χ4v) is 3.11. The fourth-order valence-electron chi connectivity index (χ4n) is 3.11. The number of hydrogen-bond donors (Lipinski definition) is 1. The number of aromatic nitrogens is 1. The lowest BCUT2D eigenvalue weighted by molar-refractivity contribution is 0.112. The van der Waals surface area contributed by atoms with E-state index in [-0.39, 0.29) is 5.75 Å². The van der Waals surface area contributed by atoms with Gasteiger partial charge in [-0.25, -0.2) is 0 Å². The highest BCUT2D eigenvalue weighted by molar-refractivity contribution is 6.05. The van der Waals surface area contributed by atoms with Crippen LogP contribution in [-0.4, -0.2) is 23.1 Å². The zero-order valence-electron chi connectivity index (χ0n) is 12.8. The monoisotopic (exact) mass is 295 g/mol. The Hall–Kier alpha value is -2.75. The molecule has 0 fully saturated rings. The van der Waals surface area contributed by atoms with Gasteiger partial charge in [0.05, 0.1) is 18.3 Å². The van der Waals surface area contributed by atoms with Crippen LogP contribution in [0.3, 0.4) is 0 Å². The lowest BCUT2D eigenvalue weighted by atomic mass is 10.0. The highest BCUT2D eigenvalue weighted by Crippen LogP contribution is 2.43. The second-order valence-electron chi connectivity index (χ2n) is 5.26. The molecular weight excluding hydrogens is 278 g/mol. The van der Waals surface area contributed by atoms with Crippen molar-refractivity contribution in [2.45, 2.75) is 6.92 Å². The van der Waals surface area contributed by atoms with Gasteiger partial charge in [-0.3, -0.25) is 4.79 Å². The molecule has 0 radical (unpaired) electrons. The lowest BCUT2D eigenvalue weighted by Crippen LogP contribution is -1.96. The molecule has 4 heteroatoms. The maximum Gasteiger partial charge on any atom is 0.167 e. The van der Waals surface area contributed by atoms with Crippen LogP contribution in [0.4, 0.5) is 0 Å². The smallest absolute Gasteiger partial charge is 0.167 e. The average Bonchev–Trinajstić information content (AvgIpc) is 2.81. The van der Waals surface area contributed by atoms with Crippen molar-refractivity contribution in [1.82, 2.24) is 4.57 Å². The molecule has 0 amide bonds. The number of aryl methyl sites for hydroxylation is 2. The molecule has 1 aromatic heterocycles. The van der Waals surface area contributed by atoms with E-state index in [4.69, 9.17) is 4.74 Å². The minimum absolute atomic E-state index is 0.0679. The Balaban J connectivity index is 2.48. The van der Waals surface area contributed by atoms with Crippen LogP contribution >= 0.6 is 0 Å². The molecule has 112 valence electrons. The topological polar surface area (TPSA) is 51.5 Å². The van der Waals surface area contributed by atoms with Gasteiger partial charge in [0.15, 0.2) is 17.8 Å². The molecule has 3 rings (SSSR count). The zero-order valence-corrected chi connectivity index (χ0v) is 12.8. The van der Waals surface area contributed by atoms with Crippen LogP contribution in [0.5, 0.6) is 11.5 Å². The molecule has 0 atom stereocenters. The van der Waals surface area contributed by atoms with Crippen molar-refractivity contribution in [1.29, 1.82) is 0 Å². The van der Waals surface area contributed by atoms with Crippen molar-refractivity contribution in [3.8, 4) is 22.8 Å². The fraction of sp³-hybridized carbons (Fsp3) is 0.167. The first-order valence-corrected chi connectivity index (χ1v) is 6.99. The van der Waals surface area contributed by atoms with Gasteiger partial charge in [0, 0.05) is 18.0 Å². The van der Waals surface area contributed by atoms with Crippen molar-refractivity contribution in [3.63, 3.8) is 0 Å². The van der Waals surface area contributed by atoms with E-state index < -0.39 is 0 Å². The second kappa shape index (κ2) is 5.22. The number of rotatable bonds is 3. The number of carbonyl (C=O) groups is 1. The number of methoxy groups -OCH3 is 1. The van der Waals surface area contributed by atoms with Crippen LogP contribution in [0.15, 0.2) is 36.4 Å². The zero-order chi connectivity index (χ0) is 15.9. The molecule has 0 bridgehead atoms. The third-order valence-corrected chi connectivity index (χ3v) is 4.06. The van der Waals surface area contributed by atoms with Gasteiger partial charge in [-0.05, 0) is 24.1 Å². The molecule has 4 nitrogen and oxygen atoms in total. The maximum atomic E-state index is 11.5. The standard InChI is InChI=1S/C18H17NO3/c1-11-15-17(13(10-20)9-14(22-3)18(15)21)19(2)16(11)12-7-5-4-6-8-12/h4-10,21H,1-3H3. The van der Waals surface area contributed by atoms with E-state index in [1.54, 1.807) is 6.07 Å². The Bertz CT molecular complexity index is 863. The molecule has 3 aromatic rings. The maximum absolute atomic E-state index is 11.5. The van der Waals surface area contributed by atoms with Gasteiger partial charge in [-0.1, -0.05) is 30.3 Å². The summed E-state index contributed by atoms with van der Waals surface area (Å²) in [7, 11) is 3.38.